The van der Waals surface area contributed by atoms with Crippen LogP contribution in [0.3, 0.4) is 0 Å². The van der Waals surface area contributed by atoms with Crippen LogP contribution < -0.4 is 11.1 Å². The first-order valence-corrected chi connectivity index (χ1v) is 18.2. The third kappa shape index (κ3) is 10.1. The zero-order valence-corrected chi connectivity index (χ0v) is 28.7. The molecule has 3 atom stereocenters. The molecule has 4 aliphatic heterocycles. The van der Waals surface area contributed by atoms with Gasteiger partial charge in [-0.15, -0.1) is 11.3 Å². The van der Waals surface area contributed by atoms with E-state index in [1.54, 1.807) is 0 Å². The van der Waals surface area contributed by atoms with Crippen LogP contribution in [0.1, 0.15) is 80.4 Å². The minimum absolute atomic E-state index is 0.250. The van der Waals surface area contributed by atoms with Crippen LogP contribution in [0.2, 0.25) is 0 Å². The maximum Gasteiger partial charge on any atom is 0.339 e. The summed E-state index contributed by atoms with van der Waals surface area (Å²) in [5, 5.41) is 2.92. The van der Waals surface area contributed by atoms with Gasteiger partial charge in [-0.2, -0.15) is 8.78 Å². The number of likely N-dealkylation sites (tertiary alicyclic amines) is 1. The minimum atomic E-state index is -3.68. The summed E-state index contributed by atoms with van der Waals surface area (Å²) in [5.74, 6) is 2.05. The van der Waals surface area contributed by atoms with Gasteiger partial charge in [0.1, 0.15) is 0 Å². The molecule has 1 aliphatic carbocycles. The van der Waals surface area contributed by atoms with E-state index >= 15 is 0 Å². The lowest BCUT2D eigenvalue weighted by Gasteiger charge is -2.34. The van der Waals surface area contributed by atoms with Crippen LogP contribution in [0, 0.1) is 11.8 Å². The number of carbonyl (C=O) groups is 3. The summed E-state index contributed by atoms with van der Waals surface area (Å²) in [6.07, 6.45) is 10.3. The van der Waals surface area contributed by atoms with Gasteiger partial charge in [0.25, 0.3) is 5.91 Å². The monoisotopic (exact) mass is 686 g/mol. The molecular weight excluding hydrogens is 637 g/mol. The predicted octanol–water partition coefficient (Wildman–Crippen LogP) is 5.01. The van der Waals surface area contributed by atoms with Gasteiger partial charge in [-0.25, -0.2) is 0 Å². The molecule has 5 aliphatic rings. The highest BCUT2D eigenvalue weighted by Crippen LogP contribution is 2.53. The van der Waals surface area contributed by atoms with E-state index in [1.165, 1.54) is 94.6 Å². The molecule has 258 valence electrons. The number of nitrogens with one attached hydrogen (secondary N) is 1. The topological polar surface area (TPSA) is 145 Å². The lowest BCUT2D eigenvalue weighted by molar-refractivity contribution is -0.132. The number of rotatable bonds is 4. The Morgan fingerprint density at radius 1 is 1.07 bits per heavy atom. The third-order valence-electron chi connectivity index (χ3n) is 8.91. The van der Waals surface area contributed by atoms with Gasteiger partial charge in [0.05, 0.1) is 24.1 Å². The van der Waals surface area contributed by atoms with Crippen LogP contribution in [0.5, 0.6) is 0 Å². The van der Waals surface area contributed by atoms with Gasteiger partial charge in [-0.05, 0) is 93.5 Å². The van der Waals surface area contributed by atoms with Crippen LogP contribution in [0.4, 0.5) is 8.78 Å². The van der Waals surface area contributed by atoms with Crippen molar-refractivity contribution in [3.63, 3.8) is 0 Å². The Balaban J connectivity index is 0.000000184. The van der Waals surface area contributed by atoms with Gasteiger partial charge < -0.3 is 30.5 Å². The standard InChI is InChI=1S/C11H10F2NO3PS.C11H17NO.C7H13NO.C2H6.CH3NO/c1-14-10(15)9-5-6-4-7(2-3-8(6)19-9)11(12,13)18(16)17;13-11-4-3-8-6-9(8)7-10-2-1-5-12(10)11;1-2-4-8(3-1)7-5-9-6-7;1-2;2-1-3/h2-5,16-17H,1H3,(H,14,15);8-10H,1-7H2;7H,1-6H2;1-2H3;1H,(H2,2,3). The van der Waals surface area contributed by atoms with E-state index in [0.717, 1.165) is 50.1 Å². The molecule has 0 radical (unpaired) electrons. The van der Waals surface area contributed by atoms with Gasteiger partial charge in [0.15, 0.2) is 0 Å². The largest absolute Gasteiger partial charge is 0.378 e. The summed E-state index contributed by atoms with van der Waals surface area (Å²) >= 11 is 1.18. The first-order valence-electron chi connectivity index (χ1n) is 16.2. The Morgan fingerprint density at radius 3 is 2.33 bits per heavy atom. The average molecular weight is 687 g/mol. The van der Waals surface area contributed by atoms with Crippen LogP contribution in [0.15, 0.2) is 24.3 Å². The van der Waals surface area contributed by atoms with Crippen molar-refractivity contribution in [2.45, 2.75) is 83.0 Å². The Hall–Kier alpha value is -2.28. The normalized spacial score (nSPS) is 23.7. The zero-order valence-electron chi connectivity index (χ0n) is 27.0. The van der Waals surface area contributed by atoms with Crippen molar-refractivity contribution in [3.05, 3.63) is 34.7 Å². The van der Waals surface area contributed by atoms with Crippen LogP contribution in [-0.2, 0) is 20.0 Å². The lowest BCUT2D eigenvalue weighted by Crippen LogP contribution is -2.47. The minimum Gasteiger partial charge on any atom is -0.378 e. The summed E-state index contributed by atoms with van der Waals surface area (Å²) < 4.78 is 32.8. The molecule has 10 nitrogen and oxygen atoms in total. The number of ether oxygens (including phenoxy) is 1. The van der Waals surface area contributed by atoms with Gasteiger partial charge in [-0.3, -0.25) is 19.3 Å². The Labute approximate surface area is 275 Å². The summed E-state index contributed by atoms with van der Waals surface area (Å²) in [4.78, 5) is 54.4. The fraction of sp³-hybridized carbons (Fsp3) is 0.656. The van der Waals surface area contributed by atoms with Crippen molar-refractivity contribution in [2.24, 2.45) is 17.6 Å². The predicted molar refractivity (Wildman–Crippen MR) is 178 cm³/mol. The van der Waals surface area contributed by atoms with Gasteiger partial charge in [0, 0.05) is 36.3 Å². The van der Waals surface area contributed by atoms with E-state index in [9.17, 15) is 18.4 Å². The third-order valence-corrected chi connectivity index (χ3v) is 10.8. The molecule has 5 N–H and O–H groups in total. The number of hydrogen-bond acceptors (Lipinski definition) is 8. The van der Waals surface area contributed by atoms with Crippen LogP contribution >= 0.6 is 19.7 Å². The number of hydrogen-bond donors (Lipinski definition) is 4. The molecule has 14 heteroatoms. The molecule has 0 bridgehead atoms. The van der Waals surface area contributed by atoms with Crippen molar-refractivity contribution < 1.29 is 37.7 Å². The molecule has 7 rings (SSSR count). The molecule has 0 spiro atoms. The number of nitrogens with two attached hydrogens (primary N) is 1. The number of amides is 3. The summed E-state index contributed by atoms with van der Waals surface area (Å²) in [6.45, 7) is 9.64. The molecule has 1 aromatic heterocycles. The first kappa shape index (κ1) is 38.2. The number of primary amides is 1. The highest BCUT2D eigenvalue weighted by Gasteiger charge is 2.43. The number of carbonyl (C=O) groups excluding carboxylic acids is 3. The molecular formula is C32H49F2N4O6PS. The molecule has 46 heavy (non-hydrogen) atoms. The van der Waals surface area contributed by atoms with Crippen LogP contribution in [-0.4, -0.2) is 89.8 Å². The molecule has 5 heterocycles. The molecule has 3 unspecified atom stereocenters. The van der Waals surface area contributed by atoms with Crippen molar-refractivity contribution in [1.29, 1.82) is 0 Å². The second-order valence-corrected chi connectivity index (χ2v) is 14.0. The number of halogens is 2. The number of thiophene rings is 1. The second kappa shape index (κ2) is 18.3. The van der Waals surface area contributed by atoms with E-state index in [1.807, 2.05) is 13.8 Å². The second-order valence-electron chi connectivity index (χ2n) is 11.8. The molecule has 5 fully saturated rings. The fourth-order valence-corrected chi connectivity index (χ4v) is 7.64. The van der Waals surface area contributed by atoms with Crippen molar-refractivity contribution >= 4 is 48.0 Å². The van der Waals surface area contributed by atoms with Gasteiger partial charge in [0.2, 0.25) is 20.7 Å². The van der Waals surface area contributed by atoms with Crippen molar-refractivity contribution in [1.82, 2.24) is 15.1 Å². The van der Waals surface area contributed by atoms with Gasteiger partial charge in [-0.1, -0.05) is 19.9 Å². The molecule has 4 saturated heterocycles. The first-order chi connectivity index (χ1) is 22.1. The quantitative estimate of drug-likeness (QED) is 0.261. The zero-order chi connectivity index (χ0) is 33.9. The maximum absolute atomic E-state index is 13.5. The Bertz CT molecular complexity index is 1270. The van der Waals surface area contributed by atoms with E-state index < -0.39 is 19.6 Å². The maximum atomic E-state index is 13.5. The highest BCUT2D eigenvalue weighted by molar-refractivity contribution is 7.46. The molecule has 3 amide bonds. The number of nitrogens with zero attached hydrogens (tertiary/aromatic N) is 2. The number of fused-ring (bicyclic) bond motifs is 3. The Kier molecular flexibility index (Phi) is 15.2. The highest BCUT2D eigenvalue weighted by atomic mass is 32.1. The summed E-state index contributed by atoms with van der Waals surface area (Å²) in [7, 11) is -1.91. The molecule has 2 aromatic rings. The van der Waals surface area contributed by atoms with Gasteiger partial charge >= 0.3 is 5.66 Å². The molecule has 1 aromatic carbocycles. The fourth-order valence-electron chi connectivity index (χ4n) is 6.29. The number of alkyl halides is 2. The smallest absolute Gasteiger partial charge is 0.339 e. The molecule has 1 saturated carbocycles. The van der Waals surface area contributed by atoms with E-state index in [0.29, 0.717) is 26.9 Å². The SMILES string of the molecule is C1CCN(C2COC2)C1.CC.CNC(=O)c1cc2cc(C(F)(F)P(O)O)ccc2s1.NC=O.O=C1CCC2CC2CC2CCCN12. The summed E-state index contributed by atoms with van der Waals surface area (Å²) in [6, 6.07) is 6.65. The van der Waals surface area contributed by atoms with E-state index in [-0.39, 0.29) is 12.3 Å². The van der Waals surface area contributed by atoms with Crippen molar-refractivity contribution in [3.8, 4) is 0 Å². The lowest BCUT2D eigenvalue weighted by atomic mass is 10.0. The van der Waals surface area contributed by atoms with E-state index in [4.69, 9.17) is 19.3 Å². The van der Waals surface area contributed by atoms with E-state index in [2.05, 4.69) is 20.9 Å². The van der Waals surface area contributed by atoms with Crippen LogP contribution in [0.25, 0.3) is 10.1 Å². The summed E-state index contributed by atoms with van der Waals surface area (Å²) in [5.41, 5.74) is 0.0101. The van der Waals surface area contributed by atoms with Crippen molar-refractivity contribution in [2.75, 3.05) is 39.9 Å². The average Bonchev–Trinajstić information content (AvgIpc) is 3.44. The number of benzene rings is 1. The Morgan fingerprint density at radius 2 is 1.74 bits per heavy atom.